The van der Waals surface area contributed by atoms with Gasteiger partial charge < -0.3 is 15.5 Å². The summed E-state index contributed by atoms with van der Waals surface area (Å²) < 4.78 is 13.4. The van der Waals surface area contributed by atoms with Crippen LogP contribution in [0.5, 0.6) is 0 Å². The fraction of sp³-hybridized carbons (Fsp3) is 0.733. The van der Waals surface area contributed by atoms with E-state index in [9.17, 15) is 4.39 Å². The Hall–Kier alpha value is -1.43. The van der Waals surface area contributed by atoms with E-state index >= 15 is 0 Å². The summed E-state index contributed by atoms with van der Waals surface area (Å²) in [6, 6.07) is 0.698. The molecule has 0 amide bonds. The lowest BCUT2D eigenvalue weighted by molar-refractivity contribution is 0.0648. The molecular formula is C15H24FN5. The molecular weight excluding hydrogens is 269 g/mol. The number of fused-ring (bicyclic) bond motifs is 1. The zero-order chi connectivity index (χ0) is 14.7. The molecule has 2 fully saturated rings. The van der Waals surface area contributed by atoms with E-state index in [1.54, 1.807) is 7.05 Å². The average molecular weight is 293 g/mol. The van der Waals surface area contributed by atoms with Gasteiger partial charge in [0.1, 0.15) is 0 Å². The van der Waals surface area contributed by atoms with Gasteiger partial charge in [0.15, 0.2) is 11.6 Å². The minimum Gasteiger partial charge on any atom is -0.371 e. The topological polar surface area (TPSA) is 53.1 Å². The molecule has 21 heavy (non-hydrogen) atoms. The fourth-order valence-electron chi connectivity index (χ4n) is 3.67. The van der Waals surface area contributed by atoms with Crippen LogP contribution in [-0.4, -0.2) is 47.6 Å². The van der Waals surface area contributed by atoms with Crippen molar-refractivity contribution in [3.8, 4) is 0 Å². The van der Waals surface area contributed by atoms with E-state index in [4.69, 9.17) is 0 Å². The van der Waals surface area contributed by atoms with E-state index < -0.39 is 5.82 Å². The second-order valence-electron chi connectivity index (χ2n) is 6.02. The van der Waals surface area contributed by atoms with Crippen LogP contribution in [0, 0.1) is 11.7 Å². The Morgan fingerprint density at radius 2 is 2.14 bits per heavy atom. The van der Waals surface area contributed by atoms with E-state index in [0.29, 0.717) is 17.9 Å². The molecule has 6 heteroatoms. The monoisotopic (exact) mass is 293 g/mol. The number of aromatic nitrogens is 2. The van der Waals surface area contributed by atoms with Crippen LogP contribution in [0.4, 0.5) is 16.2 Å². The molecule has 2 saturated heterocycles. The summed E-state index contributed by atoms with van der Waals surface area (Å²) in [5.74, 6) is 0.981. The van der Waals surface area contributed by atoms with Crippen molar-refractivity contribution in [1.29, 1.82) is 0 Å². The molecule has 0 saturated carbocycles. The van der Waals surface area contributed by atoms with Crippen LogP contribution < -0.4 is 10.6 Å². The van der Waals surface area contributed by atoms with Gasteiger partial charge in [-0.25, -0.2) is 9.37 Å². The maximum absolute atomic E-state index is 13.4. The van der Waals surface area contributed by atoms with Crippen molar-refractivity contribution in [2.24, 2.45) is 5.92 Å². The van der Waals surface area contributed by atoms with Crippen LogP contribution in [0.2, 0.25) is 0 Å². The van der Waals surface area contributed by atoms with Crippen molar-refractivity contribution in [2.75, 3.05) is 37.3 Å². The number of piperidine rings is 2. The van der Waals surface area contributed by atoms with Crippen molar-refractivity contribution in [3.63, 3.8) is 0 Å². The van der Waals surface area contributed by atoms with Gasteiger partial charge in [0, 0.05) is 19.6 Å². The molecule has 2 N–H and O–H groups in total. The maximum Gasteiger partial charge on any atom is 0.224 e. The zero-order valence-corrected chi connectivity index (χ0v) is 12.6. The van der Waals surface area contributed by atoms with E-state index in [1.807, 2.05) is 0 Å². The lowest BCUT2D eigenvalue weighted by Crippen LogP contribution is -2.49. The van der Waals surface area contributed by atoms with Crippen molar-refractivity contribution in [1.82, 2.24) is 14.9 Å². The highest BCUT2D eigenvalue weighted by molar-refractivity contribution is 5.40. The summed E-state index contributed by atoms with van der Waals surface area (Å²) in [5.41, 5.74) is 0. The Morgan fingerprint density at radius 1 is 1.29 bits per heavy atom. The Labute approximate surface area is 125 Å². The molecule has 0 radical (unpaired) electrons. The number of nitrogens with one attached hydrogen (secondary N) is 2. The molecule has 116 valence electrons. The standard InChI is InChI=1S/C15H24FN5/c1-17-14-12(16)10-19-15(20-14)18-9-11-5-4-8-21-7-3-2-6-13(11)21/h10-11,13H,2-9H2,1H3,(H2,17,18,19,20)/t11-,13+/m0/s1. The highest BCUT2D eigenvalue weighted by atomic mass is 19.1. The molecule has 2 aliphatic rings. The van der Waals surface area contributed by atoms with Crippen molar-refractivity contribution in [2.45, 2.75) is 38.1 Å². The predicted octanol–water partition coefficient (Wildman–Crippen LogP) is 2.33. The van der Waals surface area contributed by atoms with E-state index in [1.165, 1.54) is 51.4 Å². The first-order valence-electron chi connectivity index (χ1n) is 7.96. The van der Waals surface area contributed by atoms with Crippen molar-refractivity contribution in [3.05, 3.63) is 12.0 Å². The lowest BCUT2D eigenvalue weighted by atomic mass is 9.83. The van der Waals surface area contributed by atoms with Gasteiger partial charge in [-0.05, 0) is 44.7 Å². The Morgan fingerprint density at radius 3 is 3.00 bits per heavy atom. The van der Waals surface area contributed by atoms with Gasteiger partial charge >= 0.3 is 0 Å². The highest BCUT2D eigenvalue weighted by Crippen LogP contribution is 2.30. The molecule has 0 bridgehead atoms. The third-order valence-corrected chi connectivity index (χ3v) is 4.73. The normalized spacial score (nSPS) is 26.2. The molecule has 3 rings (SSSR count). The number of hydrogen-bond donors (Lipinski definition) is 2. The van der Waals surface area contributed by atoms with E-state index in [-0.39, 0.29) is 5.82 Å². The fourth-order valence-corrected chi connectivity index (χ4v) is 3.67. The summed E-state index contributed by atoms with van der Waals surface area (Å²) in [6.07, 6.45) is 7.73. The minimum atomic E-state index is -0.417. The third-order valence-electron chi connectivity index (χ3n) is 4.73. The van der Waals surface area contributed by atoms with Gasteiger partial charge in [-0.15, -0.1) is 0 Å². The second-order valence-corrected chi connectivity index (χ2v) is 6.02. The number of rotatable bonds is 4. The quantitative estimate of drug-likeness (QED) is 0.892. The lowest BCUT2D eigenvalue weighted by Gasteiger charge is -2.44. The summed E-state index contributed by atoms with van der Waals surface area (Å²) in [6.45, 7) is 3.37. The largest absolute Gasteiger partial charge is 0.371 e. The van der Waals surface area contributed by atoms with Gasteiger partial charge in [0.25, 0.3) is 0 Å². The molecule has 0 spiro atoms. The van der Waals surface area contributed by atoms with Crippen molar-refractivity contribution >= 4 is 11.8 Å². The smallest absolute Gasteiger partial charge is 0.224 e. The summed E-state index contributed by atoms with van der Waals surface area (Å²) in [5, 5.41) is 6.04. The van der Waals surface area contributed by atoms with Crippen LogP contribution in [0.25, 0.3) is 0 Å². The van der Waals surface area contributed by atoms with Crippen molar-refractivity contribution < 1.29 is 4.39 Å². The molecule has 0 unspecified atom stereocenters. The third kappa shape index (κ3) is 3.26. The minimum absolute atomic E-state index is 0.246. The second kappa shape index (κ2) is 6.56. The van der Waals surface area contributed by atoms with Crippen LogP contribution in [0.15, 0.2) is 6.20 Å². The molecule has 2 aliphatic heterocycles. The first-order chi connectivity index (χ1) is 10.3. The highest BCUT2D eigenvalue weighted by Gasteiger charge is 2.32. The van der Waals surface area contributed by atoms with Crippen LogP contribution in [-0.2, 0) is 0 Å². The van der Waals surface area contributed by atoms with Gasteiger partial charge in [0.05, 0.1) is 6.20 Å². The van der Waals surface area contributed by atoms with Gasteiger partial charge in [-0.2, -0.15) is 4.98 Å². The van der Waals surface area contributed by atoms with Crippen LogP contribution in [0.3, 0.4) is 0 Å². The van der Waals surface area contributed by atoms with Gasteiger partial charge in [-0.3, -0.25) is 0 Å². The molecule has 1 aromatic rings. The summed E-state index contributed by atoms with van der Waals surface area (Å²) in [4.78, 5) is 10.8. The molecule has 5 nitrogen and oxygen atoms in total. The Kier molecular flexibility index (Phi) is 4.53. The van der Waals surface area contributed by atoms with Gasteiger partial charge in [-0.1, -0.05) is 6.42 Å². The van der Waals surface area contributed by atoms with E-state index in [0.717, 1.165) is 6.54 Å². The first kappa shape index (κ1) is 14.5. The number of hydrogen-bond acceptors (Lipinski definition) is 5. The maximum atomic E-state index is 13.4. The molecule has 0 aromatic carbocycles. The Balaban J connectivity index is 1.61. The number of nitrogens with zero attached hydrogens (tertiary/aromatic N) is 3. The summed E-state index contributed by atoms with van der Waals surface area (Å²) >= 11 is 0. The van der Waals surface area contributed by atoms with Gasteiger partial charge in [0.2, 0.25) is 5.95 Å². The molecule has 3 heterocycles. The molecule has 0 aliphatic carbocycles. The van der Waals surface area contributed by atoms with E-state index in [2.05, 4.69) is 25.5 Å². The number of anilines is 2. The zero-order valence-electron chi connectivity index (χ0n) is 12.6. The first-order valence-corrected chi connectivity index (χ1v) is 7.96. The predicted molar refractivity (Wildman–Crippen MR) is 82.0 cm³/mol. The molecule has 1 aromatic heterocycles. The summed E-state index contributed by atoms with van der Waals surface area (Å²) in [7, 11) is 1.66. The average Bonchev–Trinajstić information content (AvgIpc) is 2.54. The van der Waals surface area contributed by atoms with Crippen LogP contribution in [0.1, 0.15) is 32.1 Å². The Bertz CT molecular complexity index is 479. The number of halogens is 1. The van der Waals surface area contributed by atoms with Crippen LogP contribution >= 0.6 is 0 Å². The molecule has 2 atom stereocenters. The SMILES string of the molecule is CNc1nc(NC[C@@H]2CCCN3CCCC[C@H]23)ncc1F.